The monoisotopic (exact) mass is 196 g/mol. The van der Waals surface area contributed by atoms with Gasteiger partial charge in [-0.1, -0.05) is 13.8 Å². The lowest BCUT2D eigenvalue weighted by Crippen LogP contribution is -2.46. The number of hydrogen-bond acceptors (Lipinski definition) is 2. The van der Waals surface area contributed by atoms with Crippen LogP contribution in [-0.4, -0.2) is 37.1 Å². The Kier molecular flexibility index (Phi) is 3.45. The Balaban J connectivity index is 1.74. The largest absolute Gasteiger partial charge is 0.312 e. The molecule has 0 saturated carbocycles. The van der Waals surface area contributed by atoms with Gasteiger partial charge in [-0.2, -0.15) is 0 Å². The zero-order valence-electron chi connectivity index (χ0n) is 9.63. The van der Waals surface area contributed by atoms with E-state index in [4.69, 9.17) is 0 Å². The molecule has 2 saturated heterocycles. The predicted molar refractivity (Wildman–Crippen MR) is 60.4 cm³/mol. The molecule has 0 amide bonds. The summed E-state index contributed by atoms with van der Waals surface area (Å²) in [4.78, 5) is 2.65. The Morgan fingerprint density at radius 1 is 1.36 bits per heavy atom. The van der Waals surface area contributed by atoms with E-state index in [1.807, 2.05) is 0 Å². The number of fused-ring (bicyclic) bond motifs is 1. The molecule has 0 aromatic rings. The molecular weight excluding hydrogens is 172 g/mol. The average Bonchev–Trinajstić information content (AvgIpc) is 2.61. The van der Waals surface area contributed by atoms with Crippen molar-refractivity contribution in [3.05, 3.63) is 0 Å². The number of nitrogens with zero attached hydrogens (tertiary/aromatic N) is 1. The van der Waals surface area contributed by atoms with Gasteiger partial charge in [0.2, 0.25) is 0 Å². The van der Waals surface area contributed by atoms with E-state index in [2.05, 4.69) is 24.1 Å². The maximum Gasteiger partial charge on any atom is 0.0224 e. The van der Waals surface area contributed by atoms with Crippen LogP contribution >= 0.6 is 0 Å². The molecule has 2 unspecified atom stereocenters. The third-order valence-electron chi connectivity index (χ3n) is 3.78. The van der Waals surface area contributed by atoms with E-state index >= 15 is 0 Å². The molecule has 0 aromatic heterocycles. The molecule has 2 heteroatoms. The van der Waals surface area contributed by atoms with E-state index in [9.17, 15) is 0 Å². The number of rotatable bonds is 3. The Bertz CT molecular complexity index is 179. The standard InChI is InChI=1S/C12H24N2/c1-10(2)4-7-14-8-5-11-3-6-13-12(11)9-14/h10-13H,3-9H2,1-2H3. The van der Waals surface area contributed by atoms with Gasteiger partial charge in [0, 0.05) is 12.6 Å². The maximum atomic E-state index is 3.63. The molecule has 0 aromatic carbocycles. The van der Waals surface area contributed by atoms with E-state index in [0.717, 1.165) is 17.9 Å². The lowest BCUT2D eigenvalue weighted by atomic mass is 9.92. The molecule has 0 radical (unpaired) electrons. The Hall–Kier alpha value is -0.0800. The van der Waals surface area contributed by atoms with Crippen LogP contribution in [0.2, 0.25) is 0 Å². The Labute approximate surface area is 88.1 Å². The molecule has 0 aliphatic carbocycles. The van der Waals surface area contributed by atoms with Gasteiger partial charge in [-0.15, -0.1) is 0 Å². The average molecular weight is 196 g/mol. The van der Waals surface area contributed by atoms with Crippen LogP contribution in [0.1, 0.15) is 33.1 Å². The van der Waals surface area contributed by atoms with Crippen molar-refractivity contribution in [3.8, 4) is 0 Å². The van der Waals surface area contributed by atoms with Gasteiger partial charge in [-0.05, 0) is 50.7 Å². The fourth-order valence-electron chi connectivity index (χ4n) is 2.74. The number of nitrogens with one attached hydrogen (secondary N) is 1. The van der Waals surface area contributed by atoms with Crippen molar-refractivity contribution in [1.29, 1.82) is 0 Å². The molecule has 2 fully saturated rings. The molecule has 2 rings (SSSR count). The van der Waals surface area contributed by atoms with Gasteiger partial charge < -0.3 is 10.2 Å². The summed E-state index contributed by atoms with van der Waals surface area (Å²) in [7, 11) is 0. The van der Waals surface area contributed by atoms with E-state index in [0.29, 0.717) is 0 Å². The van der Waals surface area contributed by atoms with Crippen LogP contribution in [0.3, 0.4) is 0 Å². The summed E-state index contributed by atoms with van der Waals surface area (Å²) < 4.78 is 0. The van der Waals surface area contributed by atoms with Crippen LogP contribution < -0.4 is 5.32 Å². The summed E-state index contributed by atoms with van der Waals surface area (Å²) in [5.41, 5.74) is 0. The molecule has 0 bridgehead atoms. The third-order valence-corrected chi connectivity index (χ3v) is 3.78. The number of likely N-dealkylation sites (tertiary alicyclic amines) is 1. The molecule has 0 spiro atoms. The summed E-state index contributed by atoms with van der Waals surface area (Å²) in [5, 5.41) is 3.63. The SMILES string of the molecule is CC(C)CCN1CCC2CCNC2C1. The lowest BCUT2D eigenvalue weighted by molar-refractivity contribution is 0.160. The van der Waals surface area contributed by atoms with Gasteiger partial charge in [0.1, 0.15) is 0 Å². The minimum absolute atomic E-state index is 0.816. The minimum atomic E-state index is 0.816. The summed E-state index contributed by atoms with van der Waals surface area (Å²) in [6, 6.07) is 0.816. The van der Waals surface area contributed by atoms with Crippen molar-refractivity contribution >= 4 is 0 Å². The second kappa shape index (κ2) is 4.63. The lowest BCUT2D eigenvalue weighted by Gasteiger charge is -2.35. The minimum Gasteiger partial charge on any atom is -0.312 e. The summed E-state index contributed by atoms with van der Waals surface area (Å²) in [6.07, 6.45) is 4.20. The Morgan fingerprint density at radius 3 is 3.00 bits per heavy atom. The maximum absolute atomic E-state index is 3.63. The zero-order chi connectivity index (χ0) is 9.97. The fraction of sp³-hybridized carbons (Fsp3) is 1.00. The highest BCUT2D eigenvalue weighted by molar-refractivity contribution is 4.90. The van der Waals surface area contributed by atoms with Crippen LogP contribution in [0.25, 0.3) is 0 Å². The van der Waals surface area contributed by atoms with E-state index < -0.39 is 0 Å². The van der Waals surface area contributed by atoms with Crippen LogP contribution in [0.15, 0.2) is 0 Å². The Morgan fingerprint density at radius 2 is 2.21 bits per heavy atom. The van der Waals surface area contributed by atoms with Gasteiger partial charge in [0.05, 0.1) is 0 Å². The highest BCUT2D eigenvalue weighted by Gasteiger charge is 2.32. The van der Waals surface area contributed by atoms with Gasteiger partial charge in [-0.3, -0.25) is 0 Å². The second-order valence-electron chi connectivity index (χ2n) is 5.38. The first-order valence-electron chi connectivity index (χ1n) is 6.21. The highest BCUT2D eigenvalue weighted by atomic mass is 15.2. The number of piperidine rings is 1. The first-order chi connectivity index (χ1) is 6.75. The van der Waals surface area contributed by atoms with Crippen LogP contribution in [0.4, 0.5) is 0 Å². The summed E-state index contributed by atoms with van der Waals surface area (Å²) >= 11 is 0. The first-order valence-corrected chi connectivity index (χ1v) is 6.21. The topological polar surface area (TPSA) is 15.3 Å². The molecule has 2 heterocycles. The third kappa shape index (κ3) is 2.48. The molecule has 2 atom stereocenters. The summed E-state index contributed by atoms with van der Waals surface area (Å²) in [5.74, 6) is 1.84. The van der Waals surface area contributed by atoms with Gasteiger partial charge in [0.25, 0.3) is 0 Å². The van der Waals surface area contributed by atoms with Crippen molar-refractivity contribution < 1.29 is 0 Å². The van der Waals surface area contributed by atoms with Crippen molar-refractivity contribution in [1.82, 2.24) is 10.2 Å². The summed E-state index contributed by atoms with van der Waals surface area (Å²) in [6.45, 7) is 9.85. The first kappa shape index (κ1) is 10.4. The van der Waals surface area contributed by atoms with Crippen molar-refractivity contribution in [2.75, 3.05) is 26.2 Å². The highest BCUT2D eigenvalue weighted by Crippen LogP contribution is 2.25. The predicted octanol–water partition coefficient (Wildman–Crippen LogP) is 1.72. The van der Waals surface area contributed by atoms with Gasteiger partial charge >= 0.3 is 0 Å². The van der Waals surface area contributed by atoms with Crippen molar-refractivity contribution in [2.45, 2.75) is 39.2 Å². The molecule has 2 aliphatic heterocycles. The molecular formula is C12H24N2. The molecule has 82 valence electrons. The molecule has 2 nitrogen and oxygen atoms in total. The fourth-order valence-corrected chi connectivity index (χ4v) is 2.74. The molecule has 2 aliphatic rings. The van der Waals surface area contributed by atoms with E-state index in [1.165, 1.54) is 45.4 Å². The van der Waals surface area contributed by atoms with Gasteiger partial charge in [0.15, 0.2) is 0 Å². The molecule has 1 N–H and O–H groups in total. The van der Waals surface area contributed by atoms with Crippen molar-refractivity contribution in [3.63, 3.8) is 0 Å². The normalized spacial score (nSPS) is 33.6. The quantitative estimate of drug-likeness (QED) is 0.739. The van der Waals surface area contributed by atoms with Crippen LogP contribution in [0.5, 0.6) is 0 Å². The molecule has 14 heavy (non-hydrogen) atoms. The number of hydrogen-bond donors (Lipinski definition) is 1. The van der Waals surface area contributed by atoms with Crippen LogP contribution in [-0.2, 0) is 0 Å². The van der Waals surface area contributed by atoms with E-state index in [1.54, 1.807) is 0 Å². The van der Waals surface area contributed by atoms with Crippen molar-refractivity contribution in [2.24, 2.45) is 11.8 Å². The van der Waals surface area contributed by atoms with E-state index in [-0.39, 0.29) is 0 Å². The smallest absolute Gasteiger partial charge is 0.0224 e. The second-order valence-corrected chi connectivity index (χ2v) is 5.38. The van der Waals surface area contributed by atoms with Crippen LogP contribution in [0, 0.1) is 11.8 Å². The van der Waals surface area contributed by atoms with Gasteiger partial charge in [-0.25, -0.2) is 0 Å². The zero-order valence-corrected chi connectivity index (χ0v) is 9.63.